The summed E-state index contributed by atoms with van der Waals surface area (Å²) in [5, 5.41) is 13.5. The number of aryl methyl sites for hydroxylation is 1. The molecule has 74 valence electrons. The van der Waals surface area contributed by atoms with Gasteiger partial charge in [-0.3, -0.25) is 0 Å². The topological polar surface area (TPSA) is 37.8 Å². The summed E-state index contributed by atoms with van der Waals surface area (Å²) in [7, 11) is 0. The predicted octanol–water partition coefficient (Wildman–Crippen LogP) is 2.56. The van der Waals surface area contributed by atoms with Gasteiger partial charge in [-0.25, -0.2) is 0 Å². The lowest BCUT2D eigenvalue weighted by Crippen LogP contribution is -2.21. The van der Waals surface area contributed by atoms with E-state index in [2.05, 4.69) is 43.2 Å². The number of hydrogen-bond donors (Lipinski definition) is 1. The zero-order valence-electron chi connectivity index (χ0n) is 8.66. The van der Waals surface area contributed by atoms with E-state index in [-0.39, 0.29) is 0 Å². The minimum Gasteiger partial charge on any atom is -0.357 e. The fraction of sp³-hybridized carbons (Fsp3) is 0.778. The van der Waals surface area contributed by atoms with Crippen LogP contribution in [-0.4, -0.2) is 16.2 Å². The van der Waals surface area contributed by atoms with Crippen LogP contribution in [0.25, 0.3) is 0 Å². The molecule has 0 aliphatic carbocycles. The van der Waals surface area contributed by atoms with E-state index in [0.29, 0.717) is 12.0 Å². The Hall–Kier alpha value is -0.640. The fourth-order valence-electron chi connectivity index (χ4n) is 0.816. The Kier molecular flexibility index (Phi) is 3.66. The minimum atomic E-state index is 0.456. The molecule has 1 rings (SSSR count). The summed E-state index contributed by atoms with van der Waals surface area (Å²) < 4.78 is 0. The molecule has 0 saturated carbocycles. The smallest absolute Gasteiger partial charge is 0.205 e. The molecule has 0 fully saturated rings. The maximum Gasteiger partial charge on any atom is 0.205 e. The van der Waals surface area contributed by atoms with Crippen LogP contribution in [0.5, 0.6) is 0 Å². The van der Waals surface area contributed by atoms with Crippen LogP contribution in [0.4, 0.5) is 5.13 Å². The molecule has 0 spiro atoms. The lowest BCUT2D eigenvalue weighted by Gasteiger charge is -2.15. The largest absolute Gasteiger partial charge is 0.357 e. The number of rotatable bonds is 4. The second-order valence-corrected chi connectivity index (χ2v) is 4.59. The third-order valence-corrected chi connectivity index (χ3v) is 3.12. The lowest BCUT2D eigenvalue weighted by atomic mass is 10.1. The molecule has 0 radical (unpaired) electrons. The first-order valence-corrected chi connectivity index (χ1v) is 5.54. The Bertz CT molecular complexity index is 257. The van der Waals surface area contributed by atoms with Crippen molar-refractivity contribution >= 4 is 16.5 Å². The van der Waals surface area contributed by atoms with E-state index in [9.17, 15) is 0 Å². The number of aromatic nitrogens is 2. The molecule has 1 heterocycles. The van der Waals surface area contributed by atoms with Crippen LogP contribution < -0.4 is 5.32 Å². The predicted molar refractivity (Wildman–Crippen MR) is 57.2 cm³/mol. The van der Waals surface area contributed by atoms with Crippen molar-refractivity contribution in [1.29, 1.82) is 0 Å². The molecular weight excluding hydrogens is 182 g/mol. The van der Waals surface area contributed by atoms with Crippen LogP contribution in [0.1, 0.15) is 32.7 Å². The molecule has 1 aromatic rings. The van der Waals surface area contributed by atoms with Crippen molar-refractivity contribution in [3.63, 3.8) is 0 Å². The van der Waals surface area contributed by atoms with Crippen LogP contribution >= 0.6 is 11.3 Å². The van der Waals surface area contributed by atoms with Crippen molar-refractivity contribution in [1.82, 2.24) is 10.2 Å². The van der Waals surface area contributed by atoms with Gasteiger partial charge >= 0.3 is 0 Å². The second-order valence-electron chi connectivity index (χ2n) is 3.53. The van der Waals surface area contributed by atoms with Gasteiger partial charge in [0.2, 0.25) is 5.13 Å². The molecule has 1 N–H and O–H groups in total. The molecule has 0 saturated heterocycles. The quantitative estimate of drug-likeness (QED) is 0.810. The maximum absolute atomic E-state index is 4.07. The molecule has 0 aromatic carbocycles. The van der Waals surface area contributed by atoms with Gasteiger partial charge in [-0.15, -0.1) is 10.2 Å². The molecule has 1 unspecified atom stereocenters. The van der Waals surface area contributed by atoms with Crippen molar-refractivity contribution in [2.45, 2.75) is 40.2 Å². The molecule has 0 amide bonds. The van der Waals surface area contributed by atoms with Gasteiger partial charge in [0.15, 0.2) is 0 Å². The summed E-state index contributed by atoms with van der Waals surface area (Å²) in [5.74, 6) is 0.619. The normalized spacial score (nSPS) is 13.3. The van der Waals surface area contributed by atoms with Crippen molar-refractivity contribution < 1.29 is 0 Å². The molecule has 0 bridgehead atoms. The van der Waals surface area contributed by atoms with Gasteiger partial charge in [0.05, 0.1) is 0 Å². The lowest BCUT2D eigenvalue weighted by molar-refractivity contribution is 0.559. The Balaban J connectivity index is 2.53. The molecule has 1 aromatic heterocycles. The van der Waals surface area contributed by atoms with Crippen LogP contribution in [0.3, 0.4) is 0 Å². The fourth-order valence-corrected chi connectivity index (χ4v) is 1.59. The highest BCUT2D eigenvalue weighted by atomic mass is 32.1. The van der Waals surface area contributed by atoms with E-state index in [1.807, 2.05) is 0 Å². The molecular formula is C9H17N3S. The Labute approximate surface area is 83.6 Å². The van der Waals surface area contributed by atoms with Gasteiger partial charge in [-0.1, -0.05) is 32.1 Å². The van der Waals surface area contributed by atoms with Gasteiger partial charge in [-0.05, 0) is 19.3 Å². The van der Waals surface area contributed by atoms with Crippen molar-refractivity contribution in [3.8, 4) is 0 Å². The molecule has 4 heteroatoms. The molecule has 0 aliphatic heterocycles. The van der Waals surface area contributed by atoms with E-state index < -0.39 is 0 Å². The highest BCUT2D eigenvalue weighted by molar-refractivity contribution is 7.15. The van der Waals surface area contributed by atoms with E-state index in [0.717, 1.165) is 16.6 Å². The number of nitrogens with one attached hydrogen (secondary N) is 1. The van der Waals surface area contributed by atoms with Gasteiger partial charge in [0, 0.05) is 6.04 Å². The Morgan fingerprint density at radius 3 is 2.46 bits per heavy atom. The van der Waals surface area contributed by atoms with Crippen LogP contribution in [0.2, 0.25) is 0 Å². The first-order chi connectivity index (χ1) is 6.13. The average molecular weight is 199 g/mol. The first-order valence-electron chi connectivity index (χ1n) is 4.72. The monoisotopic (exact) mass is 199 g/mol. The standard InChI is InChI=1S/C9H17N3S/c1-5-8-11-12-9(13-8)10-7(4)6(2)3/h6-7H,5H2,1-4H3,(H,10,12). The summed E-state index contributed by atoms with van der Waals surface area (Å²) in [6.07, 6.45) is 0.968. The number of anilines is 1. The Morgan fingerprint density at radius 1 is 1.31 bits per heavy atom. The van der Waals surface area contributed by atoms with E-state index in [1.165, 1.54) is 0 Å². The maximum atomic E-state index is 4.07. The van der Waals surface area contributed by atoms with Crippen molar-refractivity contribution in [2.24, 2.45) is 5.92 Å². The SMILES string of the molecule is CCc1nnc(NC(C)C(C)C)s1. The average Bonchev–Trinajstić information content (AvgIpc) is 2.52. The third-order valence-electron chi connectivity index (χ3n) is 2.12. The Morgan fingerprint density at radius 2 is 2.00 bits per heavy atom. The van der Waals surface area contributed by atoms with Gasteiger partial charge in [0.1, 0.15) is 5.01 Å². The van der Waals surface area contributed by atoms with Gasteiger partial charge in [0.25, 0.3) is 0 Å². The van der Waals surface area contributed by atoms with E-state index >= 15 is 0 Å². The van der Waals surface area contributed by atoms with Gasteiger partial charge < -0.3 is 5.32 Å². The summed E-state index contributed by atoms with van der Waals surface area (Å²) in [6.45, 7) is 8.65. The molecule has 1 atom stereocenters. The third kappa shape index (κ3) is 2.95. The zero-order chi connectivity index (χ0) is 9.84. The van der Waals surface area contributed by atoms with E-state index in [4.69, 9.17) is 0 Å². The first kappa shape index (κ1) is 10.4. The van der Waals surface area contributed by atoms with Crippen LogP contribution in [0.15, 0.2) is 0 Å². The highest BCUT2D eigenvalue weighted by Gasteiger charge is 2.09. The molecule has 0 aliphatic rings. The van der Waals surface area contributed by atoms with Crippen molar-refractivity contribution in [3.05, 3.63) is 5.01 Å². The second kappa shape index (κ2) is 4.56. The molecule has 3 nitrogen and oxygen atoms in total. The molecule has 13 heavy (non-hydrogen) atoms. The van der Waals surface area contributed by atoms with Crippen molar-refractivity contribution in [2.75, 3.05) is 5.32 Å². The number of hydrogen-bond acceptors (Lipinski definition) is 4. The summed E-state index contributed by atoms with van der Waals surface area (Å²) in [6, 6.07) is 0.456. The number of nitrogens with zero attached hydrogens (tertiary/aromatic N) is 2. The zero-order valence-corrected chi connectivity index (χ0v) is 9.48. The minimum absolute atomic E-state index is 0.456. The van der Waals surface area contributed by atoms with Gasteiger partial charge in [-0.2, -0.15) is 0 Å². The summed E-state index contributed by atoms with van der Waals surface area (Å²) in [5.41, 5.74) is 0. The summed E-state index contributed by atoms with van der Waals surface area (Å²) in [4.78, 5) is 0. The van der Waals surface area contributed by atoms with Crippen LogP contribution in [0, 0.1) is 5.92 Å². The highest BCUT2D eigenvalue weighted by Crippen LogP contribution is 2.17. The van der Waals surface area contributed by atoms with E-state index in [1.54, 1.807) is 11.3 Å². The van der Waals surface area contributed by atoms with Crippen LogP contribution in [-0.2, 0) is 6.42 Å². The summed E-state index contributed by atoms with van der Waals surface area (Å²) >= 11 is 1.65.